The number of benzene rings is 2. The molecule has 1 saturated heterocycles. The van der Waals surface area contributed by atoms with Crippen molar-refractivity contribution < 1.29 is 18.3 Å². The van der Waals surface area contributed by atoms with Crippen LogP contribution in [0.1, 0.15) is 16.8 Å². The first-order chi connectivity index (χ1) is 12.0. The van der Waals surface area contributed by atoms with Gasteiger partial charge in [-0.15, -0.1) is 0 Å². The molecule has 1 fully saturated rings. The number of para-hydroxylation sites is 3. The maximum Gasteiger partial charge on any atom is 0.387 e. The van der Waals surface area contributed by atoms with Gasteiger partial charge in [-0.05, 0) is 30.7 Å². The largest absolute Gasteiger partial charge is 0.433 e. The van der Waals surface area contributed by atoms with E-state index in [-0.39, 0.29) is 17.7 Å². The Balaban J connectivity index is 1.66. The number of rotatable bonds is 5. The van der Waals surface area contributed by atoms with E-state index in [1.54, 1.807) is 42.5 Å². The number of nitrogens with two attached hydrogens (primary N) is 1. The highest BCUT2D eigenvalue weighted by Gasteiger charge is 2.27. The molecule has 1 atom stereocenters. The first-order valence-corrected chi connectivity index (χ1v) is 7.98. The zero-order valence-electron chi connectivity index (χ0n) is 13.5. The summed E-state index contributed by atoms with van der Waals surface area (Å²) in [6, 6.07) is 13.4. The lowest BCUT2D eigenvalue weighted by Gasteiger charge is -2.22. The molecule has 1 amide bonds. The smallest absolute Gasteiger partial charge is 0.387 e. The number of halogens is 2. The second-order valence-electron chi connectivity index (χ2n) is 5.84. The fraction of sp³-hybridized carbons (Fsp3) is 0.278. The summed E-state index contributed by atoms with van der Waals surface area (Å²) < 4.78 is 29.7. The molecule has 0 aromatic heterocycles. The van der Waals surface area contributed by atoms with Gasteiger partial charge in [0.1, 0.15) is 5.75 Å². The molecular weight excluding hydrogens is 328 g/mol. The Bertz CT molecular complexity index is 755. The van der Waals surface area contributed by atoms with Gasteiger partial charge in [-0.2, -0.15) is 8.78 Å². The molecule has 3 N–H and O–H groups in total. The maximum atomic E-state index is 12.6. The Morgan fingerprint density at radius 2 is 1.92 bits per heavy atom. The molecule has 7 heteroatoms. The fourth-order valence-corrected chi connectivity index (χ4v) is 2.98. The lowest BCUT2D eigenvalue weighted by molar-refractivity contribution is -0.0495. The topological polar surface area (TPSA) is 67.6 Å². The minimum Gasteiger partial charge on any atom is -0.433 e. The minimum absolute atomic E-state index is 0.0910. The van der Waals surface area contributed by atoms with Crippen molar-refractivity contribution in [3.8, 4) is 5.75 Å². The van der Waals surface area contributed by atoms with E-state index < -0.39 is 6.61 Å². The number of carbonyl (C=O) groups excluding carboxylic acids is 1. The number of amides is 1. The lowest BCUT2D eigenvalue weighted by Crippen LogP contribution is -2.37. The van der Waals surface area contributed by atoms with Crippen molar-refractivity contribution in [1.29, 1.82) is 0 Å². The summed E-state index contributed by atoms with van der Waals surface area (Å²) in [5, 5.41) is 2.95. The molecule has 5 nitrogen and oxygen atoms in total. The third-order valence-electron chi connectivity index (χ3n) is 4.15. The summed E-state index contributed by atoms with van der Waals surface area (Å²) in [7, 11) is 0. The third kappa shape index (κ3) is 3.99. The van der Waals surface area contributed by atoms with Crippen LogP contribution in [0.2, 0.25) is 0 Å². The average Bonchev–Trinajstić information content (AvgIpc) is 3.03. The third-order valence-corrected chi connectivity index (χ3v) is 4.15. The van der Waals surface area contributed by atoms with E-state index in [1.807, 2.05) is 4.90 Å². The number of anilines is 2. The molecule has 1 aliphatic heterocycles. The van der Waals surface area contributed by atoms with Gasteiger partial charge in [-0.1, -0.05) is 24.3 Å². The van der Waals surface area contributed by atoms with Crippen LogP contribution in [0, 0.1) is 0 Å². The van der Waals surface area contributed by atoms with E-state index in [0.717, 1.165) is 0 Å². The molecule has 1 heterocycles. The minimum atomic E-state index is -2.87. The summed E-state index contributed by atoms with van der Waals surface area (Å²) >= 11 is 0. The molecular formula is C18H19F2N3O2. The molecule has 0 aliphatic carbocycles. The van der Waals surface area contributed by atoms with Gasteiger partial charge in [0.15, 0.2) is 0 Å². The number of nitrogens with zero attached hydrogens (tertiary/aromatic N) is 1. The van der Waals surface area contributed by atoms with Crippen LogP contribution < -0.4 is 20.7 Å². The molecule has 0 bridgehead atoms. The highest BCUT2D eigenvalue weighted by molar-refractivity contribution is 5.99. The number of hydrogen-bond acceptors (Lipinski definition) is 4. The fourth-order valence-electron chi connectivity index (χ4n) is 2.98. The van der Waals surface area contributed by atoms with E-state index >= 15 is 0 Å². The van der Waals surface area contributed by atoms with Gasteiger partial charge in [-0.3, -0.25) is 4.79 Å². The van der Waals surface area contributed by atoms with Gasteiger partial charge in [0.2, 0.25) is 0 Å². The number of nitrogens with one attached hydrogen (secondary N) is 1. The molecule has 0 saturated carbocycles. The monoisotopic (exact) mass is 347 g/mol. The number of carbonyl (C=O) groups is 1. The van der Waals surface area contributed by atoms with E-state index in [9.17, 15) is 13.6 Å². The Hall–Kier alpha value is -2.83. The normalized spacial score (nSPS) is 16.9. The van der Waals surface area contributed by atoms with Crippen LogP contribution in [-0.2, 0) is 0 Å². The molecule has 132 valence electrons. The van der Waals surface area contributed by atoms with Crippen LogP contribution in [-0.4, -0.2) is 31.7 Å². The van der Waals surface area contributed by atoms with Crippen LogP contribution >= 0.6 is 0 Å². The molecule has 3 rings (SSSR count). The maximum absolute atomic E-state index is 12.6. The van der Waals surface area contributed by atoms with E-state index in [0.29, 0.717) is 36.4 Å². The van der Waals surface area contributed by atoms with Crippen molar-refractivity contribution >= 4 is 17.3 Å². The summed E-state index contributed by atoms with van der Waals surface area (Å²) in [6.45, 7) is -1.72. The predicted octanol–water partition coefficient (Wildman–Crippen LogP) is 2.88. The number of alkyl halides is 2. The lowest BCUT2D eigenvalue weighted by atomic mass is 10.1. The summed E-state index contributed by atoms with van der Waals surface area (Å²) in [5.41, 5.74) is 7.27. The number of nitrogen functional groups attached to an aromatic ring is 1. The van der Waals surface area contributed by atoms with Crippen molar-refractivity contribution in [3.05, 3.63) is 54.1 Å². The van der Waals surface area contributed by atoms with Crippen molar-refractivity contribution in [3.63, 3.8) is 0 Å². The van der Waals surface area contributed by atoms with Gasteiger partial charge in [0, 0.05) is 24.8 Å². The van der Waals surface area contributed by atoms with Gasteiger partial charge in [0.25, 0.3) is 5.91 Å². The highest BCUT2D eigenvalue weighted by Crippen LogP contribution is 2.31. The van der Waals surface area contributed by atoms with E-state index in [2.05, 4.69) is 10.1 Å². The zero-order valence-corrected chi connectivity index (χ0v) is 13.5. The van der Waals surface area contributed by atoms with Crippen molar-refractivity contribution in [1.82, 2.24) is 5.32 Å². The van der Waals surface area contributed by atoms with Crippen molar-refractivity contribution in [2.24, 2.45) is 0 Å². The van der Waals surface area contributed by atoms with Gasteiger partial charge < -0.3 is 20.7 Å². The molecule has 1 aliphatic rings. The second-order valence-corrected chi connectivity index (χ2v) is 5.84. The SMILES string of the molecule is Nc1ccccc1C(=O)NC1CCN(c2ccccc2OC(F)F)C1. The number of hydrogen-bond donors (Lipinski definition) is 2. The summed E-state index contributed by atoms with van der Waals surface area (Å²) in [5.74, 6) is -0.0983. The second kappa shape index (κ2) is 7.38. The van der Waals surface area contributed by atoms with Crippen LogP contribution in [0.5, 0.6) is 5.75 Å². The Labute approximate surface area is 144 Å². The van der Waals surface area contributed by atoms with Crippen LogP contribution in [0.3, 0.4) is 0 Å². The van der Waals surface area contributed by atoms with Crippen LogP contribution in [0.15, 0.2) is 48.5 Å². The van der Waals surface area contributed by atoms with E-state index in [1.165, 1.54) is 6.07 Å². The van der Waals surface area contributed by atoms with Crippen LogP contribution in [0.4, 0.5) is 20.2 Å². The van der Waals surface area contributed by atoms with Crippen molar-refractivity contribution in [2.75, 3.05) is 23.7 Å². The first kappa shape index (κ1) is 17.0. The van der Waals surface area contributed by atoms with Gasteiger partial charge in [-0.25, -0.2) is 0 Å². The molecule has 1 unspecified atom stereocenters. The molecule has 25 heavy (non-hydrogen) atoms. The molecule has 2 aromatic carbocycles. The molecule has 0 radical (unpaired) electrons. The first-order valence-electron chi connectivity index (χ1n) is 7.98. The summed E-state index contributed by atoms with van der Waals surface area (Å²) in [4.78, 5) is 14.3. The Kier molecular flexibility index (Phi) is 5.02. The highest BCUT2D eigenvalue weighted by atomic mass is 19.3. The zero-order chi connectivity index (χ0) is 17.8. The molecule has 2 aromatic rings. The standard InChI is InChI=1S/C18H19F2N3O2/c19-18(20)25-16-8-4-3-7-15(16)23-10-9-12(11-23)22-17(24)13-5-1-2-6-14(13)21/h1-8,12,18H,9-11,21H2,(H,22,24). The Morgan fingerprint density at radius 1 is 1.20 bits per heavy atom. The number of ether oxygens (including phenoxy) is 1. The quantitative estimate of drug-likeness (QED) is 0.816. The predicted molar refractivity (Wildman–Crippen MR) is 92.0 cm³/mol. The van der Waals surface area contributed by atoms with Crippen LogP contribution in [0.25, 0.3) is 0 Å². The van der Waals surface area contributed by atoms with Crippen molar-refractivity contribution in [2.45, 2.75) is 19.1 Å². The Morgan fingerprint density at radius 3 is 2.68 bits per heavy atom. The van der Waals surface area contributed by atoms with Gasteiger partial charge in [0.05, 0.1) is 11.3 Å². The molecule has 0 spiro atoms. The van der Waals surface area contributed by atoms with E-state index in [4.69, 9.17) is 5.73 Å². The summed E-state index contributed by atoms with van der Waals surface area (Å²) in [6.07, 6.45) is 0.710. The van der Waals surface area contributed by atoms with Gasteiger partial charge >= 0.3 is 6.61 Å². The average molecular weight is 347 g/mol.